The Morgan fingerprint density at radius 1 is 1.50 bits per heavy atom. The molecule has 0 N–H and O–H groups in total. The molecule has 0 amide bonds. The van der Waals surface area contributed by atoms with Crippen LogP contribution in [-0.2, 0) is 12.3 Å². The highest BCUT2D eigenvalue weighted by atomic mass is 35.5. The number of aryl methyl sites for hydroxylation is 1. The summed E-state index contributed by atoms with van der Waals surface area (Å²) in [5.41, 5.74) is 1.97. The van der Waals surface area contributed by atoms with Gasteiger partial charge in [0.15, 0.2) is 0 Å². The van der Waals surface area contributed by atoms with Gasteiger partial charge in [-0.3, -0.25) is 0 Å². The van der Waals surface area contributed by atoms with Crippen molar-refractivity contribution in [2.75, 3.05) is 7.11 Å². The number of hydrogen-bond acceptors (Lipinski definition) is 2. The number of hydrogen-bond donors (Lipinski definition) is 0. The monoisotopic (exact) mass is 185 g/mol. The van der Waals surface area contributed by atoms with E-state index in [0.717, 1.165) is 17.7 Å². The number of pyridine rings is 1. The molecule has 0 aromatic carbocycles. The zero-order valence-electron chi connectivity index (χ0n) is 7.30. The quantitative estimate of drug-likeness (QED) is 0.675. The second-order valence-electron chi connectivity index (χ2n) is 2.46. The van der Waals surface area contributed by atoms with Crippen LogP contribution in [0.2, 0.25) is 0 Å². The molecule has 0 aliphatic rings. The van der Waals surface area contributed by atoms with Crippen molar-refractivity contribution in [2.24, 2.45) is 0 Å². The van der Waals surface area contributed by atoms with Gasteiger partial charge in [0.2, 0.25) is 5.88 Å². The van der Waals surface area contributed by atoms with Crippen molar-refractivity contribution >= 4 is 11.6 Å². The van der Waals surface area contributed by atoms with E-state index < -0.39 is 0 Å². The van der Waals surface area contributed by atoms with Gasteiger partial charge < -0.3 is 4.74 Å². The third kappa shape index (κ3) is 1.89. The summed E-state index contributed by atoms with van der Waals surface area (Å²) in [4.78, 5) is 4.27. The average molecular weight is 186 g/mol. The van der Waals surface area contributed by atoms with Gasteiger partial charge in [0, 0.05) is 11.3 Å². The lowest BCUT2D eigenvalue weighted by Crippen LogP contribution is -1.96. The predicted octanol–water partition coefficient (Wildman–Crippen LogP) is 2.39. The van der Waals surface area contributed by atoms with E-state index >= 15 is 0 Å². The first-order valence-corrected chi connectivity index (χ1v) is 4.44. The van der Waals surface area contributed by atoms with Crippen molar-refractivity contribution in [2.45, 2.75) is 19.2 Å². The molecule has 66 valence electrons. The van der Waals surface area contributed by atoms with E-state index in [1.165, 1.54) is 0 Å². The molecule has 0 bridgehead atoms. The maximum absolute atomic E-state index is 5.69. The van der Waals surface area contributed by atoms with Gasteiger partial charge in [-0.25, -0.2) is 4.98 Å². The maximum Gasteiger partial charge on any atom is 0.217 e. The van der Waals surface area contributed by atoms with Crippen molar-refractivity contribution < 1.29 is 4.74 Å². The fourth-order valence-electron chi connectivity index (χ4n) is 0.983. The molecule has 0 unspecified atom stereocenters. The first-order valence-electron chi connectivity index (χ1n) is 3.90. The van der Waals surface area contributed by atoms with Crippen LogP contribution in [0.1, 0.15) is 18.2 Å². The predicted molar refractivity (Wildman–Crippen MR) is 49.7 cm³/mol. The summed E-state index contributed by atoms with van der Waals surface area (Å²) in [5.74, 6) is 1.09. The Hall–Kier alpha value is -0.760. The summed E-state index contributed by atoms with van der Waals surface area (Å²) < 4.78 is 5.08. The Morgan fingerprint density at radius 2 is 2.25 bits per heavy atom. The summed E-state index contributed by atoms with van der Waals surface area (Å²) in [6.45, 7) is 2.06. The van der Waals surface area contributed by atoms with Crippen LogP contribution in [0.5, 0.6) is 5.88 Å². The Morgan fingerprint density at radius 3 is 2.75 bits per heavy atom. The van der Waals surface area contributed by atoms with Gasteiger partial charge in [-0.05, 0) is 12.5 Å². The second kappa shape index (κ2) is 4.31. The summed E-state index contributed by atoms with van der Waals surface area (Å²) >= 11 is 5.69. The molecule has 0 saturated carbocycles. The Bertz CT molecular complexity index is 263. The molecule has 12 heavy (non-hydrogen) atoms. The zero-order chi connectivity index (χ0) is 8.97. The summed E-state index contributed by atoms with van der Waals surface area (Å²) in [7, 11) is 1.61. The fraction of sp³-hybridized carbons (Fsp3) is 0.444. The van der Waals surface area contributed by atoms with Crippen LogP contribution in [0.25, 0.3) is 0 Å². The van der Waals surface area contributed by atoms with Crippen LogP contribution < -0.4 is 4.74 Å². The topological polar surface area (TPSA) is 22.1 Å². The maximum atomic E-state index is 5.69. The minimum Gasteiger partial charge on any atom is -0.481 e. The molecule has 0 atom stereocenters. The van der Waals surface area contributed by atoms with E-state index in [1.807, 2.05) is 12.1 Å². The molecular formula is C9H12ClNO. The molecule has 0 aliphatic heterocycles. The zero-order valence-corrected chi connectivity index (χ0v) is 8.06. The largest absolute Gasteiger partial charge is 0.481 e. The Labute approximate surface area is 77.5 Å². The van der Waals surface area contributed by atoms with Crippen LogP contribution >= 0.6 is 11.6 Å². The van der Waals surface area contributed by atoms with E-state index in [4.69, 9.17) is 16.3 Å². The minimum absolute atomic E-state index is 0.445. The number of aromatic nitrogens is 1. The number of nitrogens with zero attached hydrogens (tertiary/aromatic N) is 1. The van der Waals surface area contributed by atoms with Gasteiger partial charge in [0.1, 0.15) is 0 Å². The van der Waals surface area contributed by atoms with Gasteiger partial charge in [-0.1, -0.05) is 13.0 Å². The molecule has 0 spiro atoms. The number of rotatable bonds is 3. The molecule has 1 aromatic heterocycles. The van der Waals surface area contributed by atoms with Crippen LogP contribution in [0.3, 0.4) is 0 Å². The van der Waals surface area contributed by atoms with Crippen molar-refractivity contribution in [1.29, 1.82) is 0 Å². The number of alkyl halides is 1. The molecule has 2 nitrogen and oxygen atoms in total. The molecule has 0 aliphatic carbocycles. The average Bonchev–Trinajstić information content (AvgIpc) is 2.16. The molecule has 0 radical (unpaired) electrons. The third-order valence-corrected chi connectivity index (χ3v) is 1.98. The third-order valence-electron chi connectivity index (χ3n) is 1.70. The van der Waals surface area contributed by atoms with Crippen molar-refractivity contribution in [1.82, 2.24) is 4.98 Å². The van der Waals surface area contributed by atoms with E-state index in [2.05, 4.69) is 11.9 Å². The fourth-order valence-corrected chi connectivity index (χ4v) is 1.19. The SMILES string of the molecule is CCc1ccc(CCl)c(OC)n1. The van der Waals surface area contributed by atoms with Crippen LogP contribution in [0, 0.1) is 0 Å². The smallest absolute Gasteiger partial charge is 0.217 e. The van der Waals surface area contributed by atoms with Gasteiger partial charge >= 0.3 is 0 Å². The summed E-state index contributed by atoms with van der Waals surface area (Å²) in [6, 6.07) is 3.93. The lowest BCUT2D eigenvalue weighted by atomic mass is 10.2. The molecule has 3 heteroatoms. The lowest BCUT2D eigenvalue weighted by Gasteiger charge is -2.05. The normalized spacial score (nSPS) is 9.92. The number of methoxy groups -OCH3 is 1. The lowest BCUT2D eigenvalue weighted by molar-refractivity contribution is 0.392. The van der Waals surface area contributed by atoms with Crippen molar-refractivity contribution in [3.05, 3.63) is 23.4 Å². The van der Waals surface area contributed by atoms with Gasteiger partial charge in [-0.2, -0.15) is 0 Å². The highest BCUT2D eigenvalue weighted by molar-refractivity contribution is 6.17. The summed E-state index contributed by atoms with van der Waals surface area (Å²) in [5, 5.41) is 0. The van der Waals surface area contributed by atoms with Crippen LogP contribution in [-0.4, -0.2) is 12.1 Å². The molecule has 1 aromatic rings. The van der Waals surface area contributed by atoms with Crippen molar-refractivity contribution in [3.63, 3.8) is 0 Å². The molecular weight excluding hydrogens is 174 g/mol. The molecule has 0 fully saturated rings. The molecule has 1 rings (SSSR count). The second-order valence-corrected chi connectivity index (χ2v) is 2.73. The minimum atomic E-state index is 0.445. The number of halogens is 1. The first kappa shape index (κ1) is 9.33. The van der Waals surface area contributed by atoms with Gasteiger partial charge in [0.05, 0.1) is 13.0 Å². The molecule has 0 saturated heterocycles. The van der Waals surface area contributed by atoms with E-state index in [0.29, 0.717) is 11.8 Å². The summed E-state index contributed by atoms with van der Waals surface area (Å²) in [6.07, 6.45) is 0.916. The van der Waals surface area contributed by atoms with Gasteiger partial charge in [0.25, 0.3) is 0 Å². The Balaban J connectivity index is 3.02. The Kier molecular flexibility index (Phi) is 3.35. The first-order chi connectivity index (χ1) is 5.81. The highest BCUT2D eigenvalue weighted by Crippen LogP contribution is 2.17. The molecule has 1 heterocycles. The van der Waals surface area contributed by atoms with Crippen LogP contribution in [0.4, 0.5) is 0 Å². The van der Waals surface area contributed by atoms with Gasteiger partial charge in [-0.15, -0.1) is 11.6 Å². The van der Waals surface area contributed by atoms with E-state index in [-0.39, 0.29) is 0 Å². The van der Waals surface area contributed by atoms with E-state index in [1.54, 1.807) is 7.11 Å². The van der Waals surface area contributed by atoms with Crippen molar-refractivity contribution in [3.8, 4) is 5.88 Å². The highest BCUT2D eigenvalue weighted by Gasteiger charge is 2.03. The van der Waals surface area contributed by atoms with Crippen LogP contribution in [0.15, 0.2) is 12.1 Å². The van der Waals surface area contributed by atoms with E-state index in [9.17, 15) is 0 Å². The number of ether oxygens (including phenoxy) is 1. The standard InChI is InChI=1S/C9H12ClNO/c1-3-8-5-4-7(6-10)9(11-8)12-2/h4-5H,3,6H2,1-2H3.